The van der Waals surface area contributed by atoms with E-state index in [4.69, 9.17) is 23.8 Å². The molecule has 1 N–H and O–H groups in total. The molecular weight excluding hydrogens is 309 g/mol. The van der Waals surface area contributed by atoms with Crippen molar-refractivity contribution >= 4 is 28.9 Å². The zero-order valence-corrected chi connectivity index (χ0v) is 13.4. The van der Waals surface area contributed by atoms with Gasteiger partial charge in [-0.25, -0.2) is 4.39 Å². The van der Waals surface area contributed by atoms with Gasteiger partial charge in [0.1, 0.15) is 5.82 Å². The zero-order valence-electron chi connectivity index (χ0n) is 11.8. The molecule has 0 radical (unpaired) electrons. The van der Waals surface area contributed by atoms with Gasteiger partial charge in [0.15, 0.2) is 5.11 Å². The molecule has 0 atom stereocenters. The van der Waals surface area contributed by atoms with Gasteiger partial charge in [-0.05, 0) is 29.9 Å². The van der Waals surface area contributed by atoms with E-state index in [0.717, 1.165) is 43.4 Å². The molecule has 0 saturated carbocycles. The van der Waals surface area contributed by atoms with Crippen LogP contribution in [0.1, 0.15) is 5.56 Å². The van der Waals surface area contributed by atoms with Crippen molar-refractivity contribution in [3.05, 3.63) is 47.3 Å². The van der Waals surface area contributed by atoms with Crippen LogP contribution in [0.3, 0.4) is 0 Å². The maximum Gasteiger partial charge on any atom is 0.169 e. The van der Waals surface area contributed by atoms with Crippen molar-refractivity contribution in [3.63, 3.8) is 0 Å². The van der Waals surface area contributed by atoms with E-state index in [0.29, 0.717) is 11.6 Å². The molecule has 0 amide bonds. The first-order valence-corrected chi connectivity index (χ1v) is 7.68. The van der Waals surface area contributed by atoms with Crippen molar-refractivity contribution in [2.75, 3.05) is 32.7 Å². The Morgan fingerprint density at radius 2 is 2.10 bits per heavy atom. The van der Waals surface area contributed by atoms with Crippen LogP contribution in [0.5, 0.6) is 0 Å². The van der Waals surface area contributed by atoms with E-state index >= 15 is 0 Å². The first kappa shape index (κ1) is 16.2. The van der Waals surface area contributed by atoms with Gasteiger partial charge in [0.2, 0.25) is 0 Å². The molecule has 114 valence electrons. The summed E-state index contributed by atoms with van der Waals surface area (Å²) in [5, 5.41) is 4.40. The Kier molecular flexibility index (Phi) is 5.96. The lowest BCUT2D eigenvalue weighted by atomic mass is 10.2. The van der Waals surface area contributed by atoms with Crippen LogP contribution < -0.4 is 5.32 Å². The number of benzene rings is 1. The highest BCUT2D eigenvalue weighted by atomic mass is 35.5. The third-order valence-corrected chi connectivity index (χ3v) is 4.22. The fraction of sp³-hybridized carbons (Fsp3) is 0.400. The third-order valence-electron chi connectivity index (χ3n) is 3.47. The van der Waals surface area contributed by atoms with Crippen LogP contribution in [-0.4, -0.2) is 47.6 Å². The predicted molar refractivity (Wildman–Crippen MR) is 89.1 cm³/mol. The van der Waals surface area contributed by atoms with Gasteiger partial charge in [-0.2, -0.15) is 0 Å². The number of nitrogens with one attached hydrogen (secondary N) is 1. The number of halogens is 2. The second-order valence-corrected chi connectivity index (χ2v) is 5.77. The highest BCUT2D eigenvalue weighted by Gasteiger charge is 2.19. The number of piperazine rings is 1. The molecule has 1 fully saturated rings. The van der Waals surface area contributed by atoms with Gasteiger partial charge in [-0.1, -0.05) is 23.7 Å². The number of hydrogen-bond acceptors (Lipinski definition) is 2. The van der Waals surface area contributed by atoms with Crippen molar-refractivity contribution in [2.24, 2.45) is 0 Å². The van der Waals surface area contributed by atoms with Crippen LogP contribution in [-0.2, 0) is 6.54 Å². The topological polar surface area (TPSA) is 18.5 Å². The molecule has 0 unspecified atom stereocenters. The molecule has 1 aliphatic heterocycles. The second-order valence-electron chi connectivity index (χ2n) is 4.97. The molecule has 2 rings (SSSR count). The fourth-order valence-electron chi connectivity index (χ4n) is 2.27. The summed E-state index contributed by atoms with van der Waals surface area (Å²) < 4.78 is 13.0. The molecule has 21 heavy (non-hydrogen) atoms. The molecular formula is C15H19ClFN3S. The molecule has 1 heterocycles. The Bertz CT molecular complexity index is 516. The zero-order chi connectivity index (χ0) is 15.2. The quantitative estimate of drug-likeness (QED) is 0.676. The third kappa shape index (κ3) is 4.66. The molecule has 1 aromatic rings. The molecule has 0 bridgehead atoms. The maximum atomic E-state index is 13.0. The first-order valence-electron chi connectivity index (χ1n) is 6.90. The van der Waals surface area contributed by atoms with Gasteiger partial charge < -0.3 is 10.2 Å². The molecule has 3 nitrogen and oxygen atoms in total. The van der Waals surface area contributed by atoms with E-state index in [2.05, 4.69) is 21.7 Å². The summed E-state index contributed by atoms with van der Waals surface area (Å²) in [6, 6.07) is 4.56. The summed E-state index contributed by atoms with van der Waals surface area (Å²) in [5.41, 5.74) is 0.957. The van der Waals surface area contributed by atoms with Gasteiger partial charge in [-0.15, -0.1) is 6.58 Å². The lowest BCUT2D eigenvalue weighted by Crippen LogP contribution is -2.51. The first-order chi connectivity index (χ1) is 10.1. The van der Waals surface area contributed by atoms with Crippen LogP contribution in [0.25, 0.3) is 0 Å². The smallest absolute Gasteiger partial charge is 0.169 e. The van der Waals surface area contributed by atoms with E-state index in [1.807, 2.05) is 0 Å². The summed E-state index contributed by atoms with van der Waals surface area (Å²) in [6.45, 7) is 8.65. The monoisotopic (exact) mass is 327 g/mol. The van der Waals surface area contributed by atoms with Crippen LogP contribution in [0.2, 0.25) is 5.02 Å². The molecule has 6 heteroatoms. The van der Waals surface area contributed by atoms with Gasteiger partial charge in [-0.3, -0.25) is 4.90 Å². The average Bonchev–Trinajstić information content (AvgIpc) is 2.48. The van der Waals surface area contributed by atoms with E-state index in [1.54, 1.807) is 12.1 Å². The minimum atomic E-state index is -0.299. The normalized spacial score (nSPS) is 15.8. The lowest BCUT2D eigenvalue weighted by Gasteiger charge is -2.36. The summed E-state index contributed by atoms with van der Waals surface area (Å²) >= 11 is 11.4. The Hall–Kier alpha value is -1.17. The molecule has 0 aromatic heterocycles. The van der Waals surface area contributed by atoms with Gasteiger partial charge in [0, 0.05) is 44.3 Å². The summed E-state index contributed by atoms with van der Waals surface area (Å²) in [4.78, 5) is 4.45. The molecule has 1 aliphatic rings. The molecule has 1 saturated heterocycles. The number of hydrogen-bond donors (Lipinski definition) is 1. The average molecular weight is 328 g/mol. The van der Waals surface area contributed by atoms with Crippen LogP contribution in [0.15, 0.2) is 30.9 Å². The Balaban J connectivity index is 1.84. The van der Waals surface area contributed by atoms with Gasteiger partial charge in [0.05, 0.1) is 0 Å². The Labute approximate surface area is 135 Å². The number of rotatable bonds is 4. The van der Waals surface area contributed by atoms with Crippen molar-refractivity contribution < 1.29 is 4.39 Å². The summed E-state index contributed by atoms with van der Waals surface area (Å²) in [7, 11) is 0. The summed E-state index contributed by atoms with van der Waals surface area (Å²) in [5.74, 6) is -0.299. The largest absolute Gasteiger partial charge is 0.359 e. The van der Waals surface area contributed by atoms with Crippen LogP contribution in [0, 0.1) is 5.82 Å². The van der Waals surface area contributed by atoms with Crippen molar-refractivity contribution in [1.82, 2.24) is 15.1 Å². The lowest BCUT2D eigenvalue weighted by molar-refractivity contribution is 0.175. The number of thiocarbonyl (C=S) groups is 1. The SMILES string of the molecule is C=CCNC(=S)N1CCN(Cc2ccc(F)cc2Cl)CC1. The standard InChI is InChI=1S/C15H19ClFN3S/c1-2-5-18-15(21)20-8-6-19(7-9-20)11-12-3-4-13(17)10-14(12)16/h2-4,10H,1,5-9,11H2,(H,18,21). The highest BCUT2D eigenvalue weighted by Crippen LogP contribution is 2.19. The minimum absolute atomic E-state index is 0.299. The van der Waals surface area contributed by atoms with Crippen LogP contribution in [0.4, 0.5) is 4.39 Å². The van der Waals surface area contributed by atoms with E-state index in [1.165, 1.54) is 12.1 Å². The van der Waals surface area contributed by atoms with E-state index < -0.39 is 0 Å². The maximum absolute atomic E-state index is 13.0. The van der Waals surface area contributed by atoms with Gasteiger partial charge >= 0.3 is 0 Å². The minimum Gasteiger partial charge on any atom is -0.359 e. The van der Waals surface area contributed by atoms with E-state index in [9.17, 15) is 4.39 Å². The second kappa shape index (κ2) is 7.73. The molecule has 1 aromatic carbocycles. The summed E-state index contributed by atoms with van der Waals surface area (Å²) in [6.07, 6.45) is 1.79. The predicted octanol–water partition coefficient (Wildman–Crippen LogP) is 2.66. The fourth-order valence-corrected chi connectivity index (χ4v) is 2.76. The Morgan fingerprint density at radius 1 is 1.38 bits per heavy atom. The van der Waals surface area contributed by atoms with Crippen molar-refractivity contribution in [3.8, 4) is 0 Å². The van der Waals surface area contributed by atoms with E-state index in [-0.39, 0.29) is 5.82 Å². The Morgan fingerprint density at radius 3 is 2.71 bits per heavy atom. The van der Waals surface area contributed by atoms with Crippen LogP contribution >= 0.6 is 23.8 Å². The molecule has 0 spiro atoms. The van der Waals surface area contributed by atoms with Crippen molar-refractivity contribution in [1.29, 1.82) is 0 Å². The van der Waals surface area contributed by atoms with Gasteiger partial charge in [0.25, 0.3) is 0 Å². The highest BCUT2D eigenvalue weighted by molar-refractivity contribution is 7.80. The van der Waals surface area contributed by atoms with Crippen molar-refractivity contribution in [2.45, 2.75) is 6.54 Å². The number of nitrogens with zero attached hydrogens (tertiary/aromatic N) is 2. The molecule has 0 aliphatic carbocycles.